The van der Waals surface area contributed by atoms with E-state index < -0.39 is 5.60 Å². The smallest absolute Gasteiger partial charge is 0.410 e. The molecule has 0 atom stereocenters. The second-order valence-electron chi connectivity index (χ2n) is 11.6. The van der Waals surface area contributed by atoms with Crippen LogP contribution in [0.5, 0.6) is 6.01 Å². The summed E-state index contributed by atoms with van der Waals surface area (Å²) in [4.78, 5) is 28.5. The first-order valence-corrected chi connectivity index (χ1v) is 13.9. The number of anilines is 1. The number of ether oxygens (including phenoxy) is 2. The maximum Gasteiger partial charge on any atom is 0.410 e. The maximum absolute atomic E-state index is 12.4. The van der Waals surface area contributed by atoms with Crippen molar-refractivity contribution in [1.29, 1.82) is 0 Å². The summed E-state index contributed by atoms with van der Waals surface area (Å²) in [5, 5.41) is 1.57. The van der Waals surface area contributed by atoms with Crippen LogP contribution in [0, 0.1) is 5.41 Å². The first-order valence-electron chi connectivity index (χ1n) is 12.8. The molecule has 3 saturated heterocycles. The fraction of sp³-hybridized carbons (Fsp3) is 0.654. The van der Waals surface area contributed by atoms with Gasteiger partial charge in [-0.15, -0.1) is 0 Å². The molecule has 3 aliphatic rings. The van der Waals surface area contributed by atoms with Gasteiger partial charge in [0, 0.05) is 54.5 Å². The third-order valence-electron chi connectivity index (χ3n) is 7.46. The minimum Gasteiger partial charge on any atom is -0.460 e. The Balaban J connectivity index is 1.31. The third kappa shape index (κ3) is 5.53. The number of amides is 1. The van der Waals surface area contributed by atoms with Crippen molar-refractivity contribution in [2.75, 3.05) is 51.2 Å². The average molecular weight is 581 g/mol. The number of likely N-dealkylation sites (tertiary alicyclic amines) is 2. The Bertz CT molecular complexity index is 1130. The van der Waals surface area contributed by atoms with Crippen LogP contribution in [0.15, 0.2) is 16.6 Å². The Morgan fingerprint density at radius 3 is 2.42 bits per heavy atom. The number of hydrogen-bond acceptors (Lipinski definition) is 7. The number of piperidine rings is 2. The summed E-state index contributed by atoms with van der Waals surface area (Å²) in [6, 6.07) is 4.31. The van der Waals surface area contributed by atoms with Gasteiger partial charge in [0.1, 0.15) is 17.5 Å². The van der Waals surface area contributed by atoms with Gasteiger partial charge in [-0.3, -0.25) is 0 Å². The largest absolute Gasteiger partial charge is 0.460 e. The molecule has 4 heterocycles. The van der Waals surface area contributed by atoms with Gasteiger partial charge in [-0.2, -0.15) is 9.97 Å². The summed E-state index contributed by atoms with van der Waals surface area (Å²) in [6.45, 7) is 11.0. The average Bonchev–Trinajstić information content (AvgIpc) is 2.78. The zero-order valence-electron chi connectivity index (χ0n) is 21.5. The van der Waals surface area contributed by atoms with Gasteiger partial charge < -0.3 is 24.2 Å². The summed E-state index contributed by atoms with van der Waals surface area (Å²) in [5.74, 6) is 0.871. The second-order valence-corrected chi connectivity index (χ2v) is 12.8. The molecule has 1 aromatic heterocycles. The summed E-state index contributed by atoms with van der Waals surface area (Å²) in [7, 11) is 2.14. The summed E-state index contributed by atoms with van der Waals surface area (Å²) < 4.78 is 12.6. The molecule has 0 bridgehead atoms. The first kappa shape index (κ1) is 25.8. The van der Waals surface area contributed by atoms with Gasteiger partial charge in [-0.25, -0.2) is 4.79 Å². The molecule has 1 aromatic carbocycles. The molecule has 5 rings (SSSR count). The quantitative estimate of drug-likeness (QED) is 0.484. The lowest BCUT2D eigenvalue weighted by molar-refractivity contribution is -0.0434. The number of halogens is 2. The predicted molar refractivity (Wildman–Crippen MR) is 145 cm³/mol. The molecule has 196 valence electrons. The fourth-order valence-corrected chi connectivity index (χ4v) is 5.86. The van der Waals surface area contributed by atoms with Crippen molar-refractivity contribution >= 4 is 50.3 Å². The van der Waals surface area contributed by atoms with Crippen molar-refractivity contribution in [2.45, 2.75) is 58.2 Å². The van der Waals surface area contributed by atoms with Gasteiger partial charge >= 0.3 is 12.1 Å². The van der Waals surface area contributed by atoms with Gasteiger partial charge in [-0.1, -0.05) is 11.6 Å². The van der Waals surface area contributed by atoms with Crippen molar-refractivity contribution in [2.24, 2.45) is 5.41 Å². The highest BCUT2D eigenvalue weighted by Crippen LogP contribution is 2.43. The summed E-state index contributed by atoms with van der Waals surface area (Å²) in [5.41, 5.74) is 0.504. The lowest BCUT2D eigenvalue weighted by Gasteiger charge is -2.53. The van der Waals surface area contributed by atoms with Crippen molar-refractivity contribution in [1.82, 2.24) is 19.8 Å². The molecule has 0 N–H and O–H groups in total. The van der Waals surface area contributed by atoms with Crippen LogP contribution in [-0.4, -0.2) is 83.9 Å². The predicted octanol–water partition coefficient (Wildman–Crippen LogP) is 5.36. The van der Waals surface area contributed by atoms with Crippen LogP contribution in [0.3, 0.4) is 0 Å². The molecule has 0 aliphatic carbocycles. The number of hydrogen-bond donors (Lipinski definition) is 0. The highest BCUT2D eigenvalue weighted by Gasteiger charge is 2.48. The van der Waals surface area contributed by atoms with E-state index in [-0.39, 0.29) is 17.6 Å². The number of fused-ring (bicyclic) bond motifs is 1. The second kappa shape index (κ2) is 9.80. The van der Waals surface area contributed by atoms with Gasteiger partial charge in [0.2, 0.25) is 0 Å². The molecule has 3 fully saturated rings. The van der Waals surface area contributed by atoms with Crippen LogP contribution < -0.4 is 9.64 Å². The van der Waals surface area contributed by atoms with Gasteiger partial charge in [0.25, 0.3) is 0 Å². The van der Waals surface area contributed by atoms with Crippen molar-refractivity contribution < 1.29 is 14.3 Å². The van der Waals surface area contributed by atoms with Crippen LogP contribution in [0.25, 0.3) is 10.9 Å². The maximum atomic E-state index is 12.4. The van der Waals surface area contributed by atoms with E-state index in [1.54, 1.807) is 0 Å². The van der Waals surface area contributed by atoms with Crippen molar-refractivity contribution in [3.63, 3.8) is 0 Å². The Kier molecular flexibility index (Phi) is 7.02. The highest BCUT2D eigenvalue weighted by atomic mass is 79.9. The molecule has 10 heteroatoms. The van der Waals surface area contributed by atoms with Crippen LogP contribution in [-0.2, 0) is 4.74 Å². The van der Waals surface area contributed by atoms with E-state index in [4.69, 9.17) is 31.0 Å². The highest BCUT2D eigenvalue weighted by molar-refractivity contribution is 9.10. The number of carbonyl (C=O) groups excluding carboxylic acids is 1. The van der Waals surface area contributed by atoms with E-state index >= 15 is 0 Å². The minimum atomic E-state index is -0.471. The number of rotatable bonds is 3. The Labute approximate surface area is 226 Å². The van der Waals surface area contributed by atoms with Crippen molar-refractivity contribution in [3.8, 4) is 6.01 Å². The lowest BCUT2D eigenvalue weighted by Crippen LogP contribution is -2.62. The Hall–Kier alpha value is -1.84. The number of benzene rings is 1. The summed E-state index contributed by atoms with van der Waals surface area (Å²) >= 11 is 10.0. The molecule has 1 amide bonds. The molecule has 2 aromatic rings. The molecule has 36 heavy (non-hydrogen) atoms. The molecule has 3 aliphatic heterocycles. The normalized spacial score (nSPS) is 21.1. The van der Waals surface area contributed by atoms with Crippen LogP contribution >= 0.6 is 27.5 Å². The number of nitrogens with zero attached hydrogens (tertiary/aromatic N) is 5. The van der Waals surface area contributed by atoms with E-state index in [1.807, 2.05) is 37.8 Å². The molecule has 0 unspecified atom stereocenters. The van der Waals surface area contributed by atoms with E-state index in [0.717, 1.165) is 86.1 Å². The standard InChI is InChI=1S/C26H35BrClN5O3/c1-25(2,3)36-24(34)33-15-26(16-33)7-11-32(12-8-26)22-18-13-20(28)19(27)14-21(18)29-23(30-22)35-17-5-9-31(4)10-6-17/h13-14,17H,5-12,15-16H2,1-4H3. The third-order valence-corrected chi connectivity index (χ3v) is 8.66. The van der Waals surface area contributed by atoms with Crippen molar-refractivity contribution in [3.05, 3.63) is 21.6 Å². The molecule has 1 spiro atoms. The zero-order chi connectivity index (χ0) is 25.7. The molecule has 0 radical (unpaired) electrons. The molecular weight excluding hydrogens is 546 g/mol. The zero-order valence-corrected chi connectivity index (χ0v) is 23.9. The Morgan fingerprint density at radius 2 is 1.78 bits per heavy atom. The van der Waals surface area contributed by atoms with E-state index in [9.17, 15) is 4.79 Å². The topological polar surface area (TPSA) is 71.0 Å². The molecular formula is C26H35BrClN5O3. The fourth-order valence-electron chi connectivity index (χ4n) is 5.36. The SMILES string of the molecule is CN1CCC(Oc2nc(N3CCC4(CC3)CN(C(=O)OC(C)(C)C)C4)c3cc(Cl)c(Br)cc3n2)CC1. The van der Waals surface area contributed by atoms with E-state index in [2.05, 4.69) is 32.8 Å². The number of carbonyl (C=O) groups is 1. The number of aromatic nitrogens is 2. The summed E-state index contributed by atoms with van der Waals surface area (Å²) in [6.07, 6.45) is 3.84. The lowest BCUT2D eigenvalue weighted by atomic mass is 9.72. The van der Waals surface area contributed by atoms with Gasteiger partial charge in [0.05, 0.1) is 10.5 Å². The first-order chi connectivity index (χ1) is 17.0. The minimum absolute atomic E-state index is 0.126. The van der Waals surface area contributed by atoms with E-state index in [1.165, 1.54) is 0 Å². The van der Waals surface area contributed by atoms with Gasteiger partial charge in [-0.05, 0) is 81.6 Å². The Morgan fingerprint density at radius 1 is 1.11 bits per heavy atom. The van der Waals surface area contributed by atoms with E-state index in [0.29, 0.717) is 11.0 Å². The van der Waals surface area contributed by atoms with Crippen LogP contribution in [0.4, 0.5) is 10.6 Å². The monoisotopic (exact) mass is 579 g/mol. The van der Waals surface area contributed by atoms with Crippen LogP contribution in [0.2, 0.25) is 5.02 Å². The molecule has 8 nitrogen and oxygen atoms in total. The molecule has 0 saturated carbocycles. The van der Waals surface area contributed by atoms with Gasteiger partial charge in [0.15, 0.2) is 0 Å². The van der Waals surface area contributed by atoms with Crippen LogP contribution in [0.1, 0.15) is 46.5 Å².